The maximum atomic E-state index is 13.4. The highest BCUT2D eigenvalue weighted by atomic mass is 32.1. The van der Waals surface area contributed by atoms with E-state index in [1.165, 1.54) is 0 Å². The number of nitrogens with zero attached hydrogens (tertiary/aromatic N) is 1. The monoisotopic (exact) mass is 509 g/mol. The average molecular weight is 510 g/mol. The van der Waals surface area contributed by atoms with E-state index in [9.17, 15) is 4.79 Å². The van der Waals surface area contributed by atoms with Crippen LogP contribution < -0.4 is 15.4 Å². The summed E-state index contributed by atoms with van der Waals surface area (Å²) in [6, 6.07) is 33.1. The summed E-state index contributed by atoms with van der Waals surface area (Å²) >= 11 is 7.16. The molecular formula is C29H23N3O2S2. The number of carbonyl (C=O) groups is 1. The number of fused-ring (bicyclic) bond motifs is 1. The van der Waals surface area contributed by atoms with Crippen LogP contribution in [0.3, 0.4) is 0 Å². The number of methoxy groups -OCH3 is 1. The zero-order chi connectivity index (χ0) is 24.9. The quantitative estimate of drug-likeness (QED) is 0.252. The minimum Gasteiger partial charge on any atom is -0.495 e. The van der Waals surface area contributed by atoms with Crippen LogP contribution in [-0.4, -0.2) is 23.1 Å². The summed E-state index contributed by atoms with van der Waals surface area (Å²) < 4.78 is 6.65. The molecule has 5 rings (SSSR count). The number of nitrogens with one attached hydrogen (secondary N) is 2. The molecule has 0 aliphatic heterocycles. The van der Waals surface area contributed by atoms with Crippen molar-refractivity contribution >= 4 is 50.5 Å². The molecule has 0 atom stereocenters. The molecule has 5 nitrogen and oxygen atoms in total. The lowest BCUT2D eigenvalue weighted by molar-refractivity contribution is -0.120. The van der Waals surface area contributed by atoms with Gasteiger partial charge < -0.3 is 15.4 Å². The van der Waals surface area contributed by atoms with Crippen LogP contribution in [-0.2, 0) is 4.79 Å². The summed E-state index contributed by atoms with van der Waals surface area (Å²) in [6.07, 6.45) is 0. The molecule has 0 saturated heterocycles. The molecule has 0 aliphatic carbocycles. The van der Waals surface area contributed by atoms with Crippen LogP contribution in [0.25, 0.3) is 20.8 Å². The van der Waals surface area contributed by atoms with Crippen LogP contribution in [0, 0.1) is 0 Å². The lowest BCUT2D eigenvalue weighted by atomic mass is 9.90. The van der Waals surface area contributed by atoms with Crippen molar-refractivity contribution in [3.05, 3.63) is 114 Å². The molecule has 0 bridgehead atoms. The molecule has 2 N–H and O–H groups in total. The van der Waals surface area contributed by atoms with Crippen LogP contribution in [0.5, 0.6) is 5.75 Å². The minimum atomic E-state index is -0.497. The van der Waals surface area contributed by atoms with Crippen molar-refractivity contribution in [1.82, 2.24) is 10.3 Å². The van der Waals surface area contributed by atoms with Gasteiger partial charge in [-0.15, -0.1) is 11.3 Å². The molecule has 4 aromatic carbocycles. The fourth-order valence-electron chi connectivity index (χ4n) is 4.06. The number of anilines is 1. The Morgan fingerprint density at radius 3 is 2.17 bits per heavy atom. The number of hydrogen-bond donors (Lipinski definition) is 2. The third-order valence-electron chi connectivity index (χ3n) is 5.75. The molecule has 0 radical (unpaired) electrons. The van der Waals surface area contributed by atoms with Gasteiger partial charge in [-0.05, 0) is 53.7 Å². The Kier molecular flexibility index (Phi) is 7.02. The summed E-state index contributed by atoms with van der Waals surface area (Å²) in [4.78, 5) is 18.2. The van der Waals surface area contributed by atoms with Crippen molar-refractivity contribution in [3.63, 3.8) is 0 Å². The number of carbonyl (C=O) groups excluding carboxylic acids is 1. The van der Waals surface area contributed by atoms with Crippen LogP contribution >= 0.6 is 23.6 Å². The first-order chi connectivity index (χ1) is 17.6. The van der Waals surface area contributed by atoms with E-state index in [2.05, 4.69) is 16.7 Å². The molecule has 5 aromatic rings. The smallest absolute Gasteiger partial charge is 0.238 e. The standard InChI is InChI=1S/C29H23N3O2S2/c1-34-24-17-16-21(28-30-22-14-8-9-15-25(22)36-28)18-23(24)31-29(35)32-27(33)26(19-10-4-2-5-11-19)20-12-6-3-7-13-20/h2-18,26H,1H3,(H2,31,32,33,35). The van der Waals surface area contributed by atoms with Gasteiger partial charge in [0.15, 0.2) is 5.11 Å². The van der Waals surface area contributed by atoms with Gasteiger partial charge in [0, 0.05) is 5.56 Å². The van der Waals surface area contributed by atoms with E-state index < -0.39 is 5.92 Å². The number of para-hydroxylation sites is 1. The van der Waals surface area contributed by atoms with E-state index in [4.69, 9.17) is 21.9 Å². The zero-order valence-electron chi connectivity index (χ0n) is 19.5. The number of benzene rings is 4. The summed E-state index contributed by atoms with van der Waals surface area (Å²) in [5.74, 6) is -0.103. The molecule has 7 heteroatoms. The SMILES string of the molecule is COc1ccc(-c2nc3ccccc3s2)cc1NC(=S)NC(=O)C(c1ccccc1)c1ccccc1. The largest absolute Gasteiger partial charge is 0.495 e. The van der Waals surface area contributed by atoms with Gasteiger partial charge in [0.1, 0.15) is 10.8 Å². The number of thiazole rings is 1. The van der Waals surface area contributed by atoms with E-state index >= 15 is 0 Å². The van der Waals surface area contributed by atoms with Gasteiger partial charge in [0.05, 0.1) is 28.9 Å². The molecule has 1 aromatic heterocycles. The number of aromatic nitrogens is 1. The molecule has 178 valence electrons. The number of thiocarbonyl (C=S) groups is 1. The third-order valence-corrected chi connectivity index (χ3v) is 7.04. The first kappa shape index (κ1) is 23.7. The lowest BCUT2D eigenvalue weighted by Gasteiger charge is -2.19. The Labute approximate surface area is 218 Å². The van der Waals surface area contributed by atoms with E-state index in [1.807, 2.05) is 97.1 Å². The Hall–Kier alpha value is -4.07. The van der Waals surface area contributed by atoms with E-state index in [0.717, 1.165) is 31.9 Å². The third kappa shape index (κ3) is 5.12. The molecule has 1 heterocycles. The van der Waals surface area contributed by atoms with Crippen LogP contribution in [0.1, 0.15) is 17.0 Å². The van der Waals surface area contributed by atoms with Crippen molar-refractivity contribution in [2.75, 3.05) is 12.4 Å². The molecule has 0 unspecified atom stereocenters. The van der Waals surface area contributed by atoms with Crippen LogP contribution in [0.2, 0.25) is 0 Å². The maximum Gasteiger partial charge on any atom is 0.238 e. The van der Waals surface area contributed by atoms with Crippen molar-refractivity contribution < 1.29 is 9.53 Å². The predicted octanol–water partition coefficient (Wildman–Crippen LogP) is 6.62. The topological polar surface area (TPSA) is 63.2 Å². The van der Waals surface area contributed by atoms with E-state index in [-0.39, 0.29) is 11.0 Å². The molecule has 0 aliphatic rings. The second-order valence-corrected chi connectivity index (χ2v) is 9.54. The second kappa shape index (κ2) is 10.7. The highest BCUT2D eigenvalue weighted by Crippen LogP contribution is 2.35. The van der Waals surface area contributed by atoms with Crippen molar-refractivity contribution in [2.24, 2.45) is 0 Å². The van der Waals surface area contributed by atoms with Gasteiger partial charge in [-0.25, -0.2) is 4.98 Å². The normalized spacial score (nSPS) is 10.8. The highest BCUT2D eigenvalue weighted by molar-refractivity contribution is 7.80. The summed E-state index contributed by atoms with van der Waals surface area (Å²) in [7, 11) is 1.60. The fourth-order valence-corrected chi connectivity index (χ4v) is 5.23. The summed E-state index contributed by atoms with van der Waals surface area (Å²) in [5, 5.41) is 7.10. The highest BCUT2D eigenvalue weighted by Gasteiger charge is 2.23. The fraction of sp³-hybridized carbons (Fsp3) is 0.0690. The molecule has 0 spiro atoms. The van der Waals surface area contributed by atoms with Crippen LogP contribution in [0.15, 0.2) is 103 Å². The molecule has 0 fully saturated rings. The van der Waals surface area contributed by atoms with Gasteiger partial charge in [0.25, 0.3) is 0 Å². The molecular weight excluding hydrogens is 486 g/mol. The number of ether oxygens (including phenoxy) is 1. The predicted molar refractivity (Wildman–Crippen MR) is 151 cm³/mol. The van der Waals surface area contributed by atoms with Crippen molar-refractivity contribution in [3.8, 4) is 16.3 Å². The maximum absolute atomic E-state index is 13.4. The minimum absolute atomic E-state index is 0.191. The van der Waals surface area contributed by atoms with E-state index in [0.29, 0.717) is 11.4 Å². The summed E-state index contributed by atoms with van der Waals surface area (Å²) in [6.45, 7) is 0. The summed E-state index contributed by atoms with van der Waals surface area (Å²) in [5.41, 5.74) is 4.31. The Morgan fingerprint density at radius 1 is 0.889 bits per heavy atom. The van der Waals surface area contributed by atoms with Crippen LogP contribution in [0.4, 0.5) is 5.69 Å². The van der Waals surface area contributed by atoms with Gasteiger partial charge in [-0.2, -0.15) is 0 Å². The van der Waals surface area contributed by atoms with Gasteiger partial charge in [0.2, 0.25) is 5.91 Å². The van der Waals surface area contributed by atoms with Crippen molar-refractivity contribution in [2.45, 2.75) is 5.92 Å². The second-order valence-electron chi connectivity index (χ2n) is 8.10. The number of hydrogen-bond acceptors (Lipinski definition) is 5. The zero-order valence-corrected chi connectivity index (χ0v) is 21.1. The van der Waals surface area contributed by atoms with E-state index in [1.54, 1.807) is 18.4 Å². The Balaban J connectivity index is 1.38. The first-order valence-electron chi connectivity index (χ1n) is 11.4. The van der Waals surface area contributed by atoms with Gasteiger partial charge in [-0.3, -0.25) is 4.79 Å². The lowest BCUT2D eigenvalue weighted by Crippen LogP contribution is -2.38. The molecule has 36 heavy (non-hydrogen) atoms. The Morgan fingerprint density at radius 2 is 1.53 bits per heavy atom. The molecule has 1 amide bonds. The number of amides is 1. The Bertz CT molecular complexity index is 1450. The first-order valence-corrected chi connectivity index (χ1v) is 12.6. The average Bonchev–Trinajstić information content (AvgIpc) is 3.34. The number of rotatable bonds is 6. The van der Waals surface area contributed by atoms with Gasteiger partial charge >= 0.3 is 0 Å². The van der Waals surface area contributed by atoms with Crippen molar-refractivity contribution in [1.29, 1.82) is 0 Å². The van der Waals surface area contributed by atoms with Gasteiger partial charge in [-0.1, -0.05) is 72.8 Å². The molecule has 0 saturated carbocycles.